The summed E-state index contributed by atoms with van der Waals surface area (Å²) in [4.78, 5) is 26.1. The van der Waals surface area contributed by atoms with Gasteiger partial charge in [-0.15, -0.1) is 0 Å². The average molecular weight is 270 g/mol. The second-order valence-corrected chi connectivity index (χ2v) is 3.78. The van der Waals surface area contributed by atoms with Crippen molar-refractivity contribution >= 4 is 17.7 Å². The standard InChI is InChI=1S/C11H18N4O4/c1-3-19-11(17)9-10(13)15(7(2)14-9)4-5-18-6-8(12)16/h3-6,13H2,1-2H3,(H2,12,16). The number of anilines is 1. The number of primary amides is 1. The second kappa shape index (κ2) is 6.74. The van der Waals surface area contributed by atoms with E-state index in [1.807, 2.05) is 0 Å². The summed E-state index contributed by atoms with van der Waals surface area (Å²) >= 11 is 0. The molecule has 8 heteroatoms. The highest BCUT2D eigenvalue weighted by Crippen LogP contribution is 2.15. The zero-order valence-electron chi connectivity index (χ0n) is 11.0. The summed E-state index contributed by atoms with van der Waals surface area (Å²) in [5, 5.41) is 0. The van der Waals surface area contributed by atoms with Gasteiger partial charge in [-0.2, -0.15) is 0 Å². The number of hydrogen-bond donors (Lipinski definition) is 2. The van der Waals surface area contributed by atoms with E-state index >= 15 is 0 Å². The molecular formula is C11H18N4O4. The van der Waals surface area contributed by atoms with Crippen LogP contribution in [0.5, 0.6) is 0 Å². The molecule has 8 nitrogen and oxygen atoms in total. The van der Waals surface area contributed by atoms with Gasteiger partial charge < -0.3 is 25.5 Å². The van der Waals surface area contributed by atoms with Gasteiger partial charge in [-0.05, 0) is 13.8 Å². The largest absolute Gasteiger partial charge is 0.461 e. The lowest BCUT2D eigenvalue weighted by Gasteiger charge is -2.07. The molecule has 0 aromatic carbocycles. The number of hydrogen-bond acceptors (Lipinski definition) is 6. The van der Waals surface area contributed by atoms with Crippen LogP contribution in [-0.4, -0.2) is 41.2 Å². The minimum atomic E-state index is -0.556. The zero-order chi connectivity index (χ0) is 14.4. The Hall–Kier alpha value is -2.09. The summed E-state index contributed by atoms with van der Waals surface area (Å²) in [5.41, 5.74) is 10.9. The van der Waals surface area contributed by atoms with Gasteiger partial charge in [-0.1, -0.05) is 0 Å². The third kappa shape index (κ3) is 3.95. The fourth-order valence-electron chi connectivity index (χ4n) is 1.54. The number of nitrogens with zero attached hydrogens (tertiary/aromatic N) is 2. The van der Waals surface area contributed by atoms with Gasteiger partial charge in [0.1, 0.15) is 18.2 Å². The van der Waals surface area contributed by atoms with Crippen molar-refractivity contribution in [3.05, 3.63) is 11.5 Å². The number of carbonyl (C=O) groups excluding carboxylic acids is 2. The van der Waals surface area contributed by atoms with Crippen LogP contribution in [0.1, 0.15) is 23.2 Å². The third-order valence-corrected chi connectivity index (χ3v) is 2.37. The molecule has 0 spiro atoms. The van der Waals surface area contributed by atoms with Crippen molar-refractivity contribution in [3.8, 4) is 0 Å². The summed E-state index contributed by atoms with van der Waals surface area (Å²) in [6, 6.07) is 0. The van der Waals surface area contributed by atoms with Gasteiger partial charge in [0.05, 0.1) is 13.2 Å². The van der Waals surface area contributed by atoms with E-state index in [9.17, 15) is 9.59 Å². The Morgan fingerprint density at radius 2 is 2.11 bits per heavy atom. The fourth-order valence-corrected chi connectivity index (χ4v) is 1.54. The molecule has 1 heterocycles. The van der Waals surface area contributed by atoms with Crippen LogP contribution in [0.15, 0.2) is 0 Å². The molecule has 0 aliphatic carbocycles. The Balaban J connectivity index is 2.69. The summed E-state index contributed by atoms with van der Waals surface area (Å²) < 4.78 is 11.5. The van der Waals surface area contributed by atoms with Gasteiger partial charge in [-0.25, -0.2) is 9.78 Å². The van der Waals surface area contributed by atoms with E-state index < -0.39 is 11.9 Å². The molecule has 1 rings (SSSR count). The number of aryl methyl sites for hydroxylation is 1. The molecule has 0 bridgehead atoms. The van der Waals surface area contributed by atoms with Crippen LogP contribution in [0.4, 0.5) is 5.82 Å². The number of aromatic nitrogens is 2. The molecule has 19 heavy (non-hydrogen) atoms. The molecule has 0 unspecified atom stereocenters. The third-order valence-electron chi connectivity index (χ3n) is 2.37. The first-order chi connectivity index (χ1) is 8.97. The number of nitrogen functional groups attached to an aromatic ring is 1. The van der Waals surface area contributed by atoms with E-state index in [2.05, 4.69) is 4.98 Å². The lowest BCUT2D eigenvalue weighted by Crippen LogP contribution is -2.20. The molecule has 0 saturated carbocycles. The molecule has 0 aliphatic rings. The van der Waals surface area contributed by atoms with Crippen molar-refractivity contribution in [2.75, 3.05) is 25.6 Å². The summed E-state index contributed by atoms with van der Waals surface area (Å²) in [6.07, 6.45) is 0. The molecule has 1 aromatic heterocycles. The maximum Gasteiger partial charge on any atom is 0.360 e. The highest BCUT2D eigenvalue weighted by molar-refractivity contribution is 5.92. The predicted octanol–water partition coefficient (Wildman–Crippen LogP) is -0.548. The normalized spacial score (nSPS) is 10.4. The van der Waals surface area contributed by atoms with Crippen LogP contribution in [0.25, 0.3) is 0 Å². The minimum Gasteiger partial charge on any atom is -0.461 e. The molecular weight excluding hydrogens is 252 g/mol. The Bertz CT molecular complexity index is 470. The first-order valence-electron chi connectivity index (χ1n) is 5.83. The molecule has 0 aliphatic heterocycles. The highest BCUT2D eigenvalue weighted by atomic mass is 16.5. The Morgan fingerprint density at radius 3 is 2.68 bits per heavy atom. The summed E-state index contributed by atoms with van der Waals surface area (Å²) in [6.45, 7) is 4.14. The van der Waals surface area contributed by atoms with Gasteiger partial charge in [0.15, 0.2) is 5.69 Å². The molecule has 0 saturated heterocycles. The maximum absolute atomic E-state index is 11.6. The first kappa shape index (κ1) is 15.0. The topological polar surface area (TPSA) is 122 Å². The van der Waals surface area contributed by atoms with Crippen molar-refractivity contribution < 1.29 is 19.1 Å². The van der Waals surface area contributed by atoms with Crippen LogP contribution in [0, 0.1) is 6.92 Å². The quantitative estimate of drug-likeness (QED) is 0.506. The molecule has 0 atom stereocenters. The number of esters is 1. The molecule has 106 valence electrons. The van der Waals surface area contributed by atoms with Crippen LogP contribution in [-0.2, 0) is 20.8 Å². The van der Waals surface area contributed by atoms with Crippen molar-refractivity contribution in [1.29, 1.82) is 0 Å². The number of imidazole rings is 1. The van der Waals surface area contributed by atoms with Crippen LogP contribution in [0.3, 0.4) is 0 Å². The van der Waals surface area contributed by atoms with Gasteiger partial charge in [0.2, 0.25) is 5.91 Å². The lowest BCUT2D eigenvalue weighted by molar-refractivity contribution is -0.122. The molecule has 0 radical (unpaired) electrons. The van der Waals surface area contributed by atoms with Crippen molar-refractivity contribution in [1.82, 2.24) is 9.55 Å². The van der Waals surface area contributed by atoms with Gasteiger partial charge >= 0.3 is 5.97 Å². The number of ether oxygens (including phenoxy) is 2. The number of amides is 1. The predicted molar refractivity (Wildman–Crippen MR) is 67.3 cm³/mol. The van der Waals surface area contributed by atoms with Crippen molar-refractivity contribution in [2.24, 2.45) is 5.73 Å². The van der Waals surface area contributed by atoms with E-state index in [1.165, 1.54) is 0 Å². The Kier molecular flexibility index (Phi) is 5.31. The maximum atomic E-state index is 11.6. The van der Waals surface area contributed by atoms with Gasteiger partial charge in [0.25, 0.3) is 0 Å². The minimum absolute atomic E-state index is 0.0919. The number of nitrogens with two attached hydrogens (primary N) is 2. The Morgan fingerprint density at radius 1 is 1.42 bits per heavy atom. The van der Waals surface area contributed by atoms with E-state index in [1.54, 1.807) is 18.4 Å². The highest BCUT2D eigenvalue weighted by Gasteiger charge is 2.19. The van der Waals surface area contributed by atoms with Crippen molar-refractivity contribution in [3.63, 3.8) is 0 Å². The van der Waals surface area contributed by atoms with Crippen LogP contribution >= 0.6 is 0 Å². The number of carbonyl (C=O) groups is 2. The Labute approximate surface area is 110 Å². The summed E-state index contributed by atoms with van der Waals surface area (Å²) in [5.74, 6) is -0.302. The van der Waals surface area contributed by atoms with E-state index in [4.69, 9.17) is 20.9 Å². The molecule has 0 fully saturated rings. The monoisotopic (exact) mass is 270 g/mol. The SMILES string of the molecule is CCOC(=O)c1nc(C)n(CCOCC(N)=O)c1N. The molecule has 1 aromatic rings. The van der Waals surface area contributed by atoms with E-state index in [-0.39, 0.29) is 31.3 Å². The number of rotatable bonds is 7. The first-order valence-corrected chi connectivity index (χ1v) is 5.83. The lowest BCUT2D eigenvalue weighted by atomic mass is 10.4. The smallest absolute Gasteiger partial charge is 0.360 e. The van der Waals surface area contributed by atoms with Crippen LogP contribution in [0.2, 0.25) is 0 Å². The fraction of sp³-hybridized carbons (Fsp3) is 0.545. The van der Waals surface area contributed by atoms with Crippen LogP contribution < -0.4 is 11.5 Å². The second-order valence-electron chi connectivity index (χ2n) is 3.78. The van der Waals surface area contributed by atoms with Crippen molar-refractivity contribution in [2.45, 2.75) is 20.4 Å². The van der Waals surface area contributed by atoms with E-state index in [0.29, 0.717) is 12.4 Å². The summed E-state index contributed by atoms with van der Waals surface area (Å²) in [7, 11) is 0. The molecule has 4 N–H and O–H groups in total. The van der Waals surface area contributed by atoms with E-state index in [0.717, 1.165) is 0 Å². The zero-order valence-corrected chi connectivity index (χ0v) is 11.0. The average Bonchev–Trinajstić information content (AvgIpc) is 2.61. The molecule has 1 amide bonds. The van der Waals surface area contributed by atoms with Gasteiger partial charge in [0, 0.05) is 6.54 Å². The van der Waals surface area contributed by atoms with Gasteiger partial charge in [-0.3, -0.25) is 4.79 Å².